The number of pyridine rings is 1. The Morgan fingerprint density at radius 1 is 0.949 bits per heavy atom. The smallest absolute Gasteiger partial charge is 0.274 e. The highest BCUT2D eigenvalue weighted by Crippen LogP contribution is 2.39. The van der Waals surface area contributed by atoms with Crippen LogP contribution in [0, 0.1) is 0 Å². The van der Waals surface area contributed by atoms with E-state index in [9.17, 15) is 9.90 Å². The maximum absolute atomic E-state index is 12.7. The van der Waals surface area contributed by atoms with Crippen molar-refractivity contribution in [1.29, 1.82) is 0 Å². The van der Waals surface area contributed by atoms with Crippen molar-refractivity contribution in [1.82, 2.24) is 19.8 Å². The molecule has 0 spiro atoms. The molecule has 39 heavy (non-hydrogen) atoms. The van der Waals surface area contributed by atoms with Gasteiger partial charge in [0.05, 0.1) is 23.9 Å². The van der Waals surface area contributed by atoms with Gasteiger partial charge in [-0.25, -0.2) is 0 Å². The third-order valence-corrected chi connectivity index (χ3v) is 8.87. The van der Waals surface area contributed by atoms with Gasteiger partial charge in [-0.15, -0.1) is 0 Å². The second-order valence-corrected chi connectivity index (χ2v) is 12.2. The average molecular weight is 535 g/mol. The molecule has 6 rings (SSSR count). The second-order valence-electron chi connectivity index (χ2n) is 12.2. The summed E-state index contributed by atoms with van der Waals surface area (Å²) in [5.41, 5.74) is 2.15. The van der Waals surface area contributed by atoms with E-state index in [-0.39, 0.29) is 11.7 Å². The molecule has 3 aromatic rings. The summed E-state index contributed by atoms with van der Waals surface area (Å²) in [6.45, 7) is 7.85. The van der Waals surface area contributed by atoms with Gasteiger partial charge < -0.3 is 29.4 Å². The van der Waals surface area contributed by atoms with E-state index in [1.807, 2.05) is 30.5 Å². The van der Waals surface area contributed by atoms with Gasteiger partial charge in [0, 0.05) is 55.1 Å². The lowest BCUT2D eigenvalue weighted by atomic mass is 9.89. The molecule has 210 valence electrons. The third-order valence-electron chi connectivity index (χ3n) is 8.87. The molecule has 4 heterocycles. The van der Waals surface area contributed by atoms with Crippen LogP contribution in [-0.4, -0.2) is 70.1 Å². The quantitative estimate of drug-likeness (QED) is 0.426. The van der Waals surface area contributed by atoms with Crippen LogP contribution in [0.1, 0.15) is 57.9 Å². The molecule has 2 saturated heterocycles. The number of likely N-dealkylation sites (tertiary alicyclic amines) is 1. The molecule has 0 unspecified atom stereocenters. The van der Waals surface area contributed by atoms with Crippen LogP contribution in [0.4, 0.5) is 0 Å². The Balaban J connectivity index is 1.14. The van der Waals surface area contributed by atoms with Crippen molar-refractivity contribution >= 4 is 10.9 Å². The highest BCUT2D eigenvalue weighted by Gasteiger charge is 2.37. The van der Waals surface area contributed by atoms with Gasteiger partial charge in [-0.1, -0.05) is 6.07 Å². The highest BCUT2D eigenvalue weighted by molar-refractivity contribution is 5.96. The zero-order chi connectivity index (χ0) is 27.1. The van der Waals surface area contributed by atoms with Crippen molar-refractivity contribution in [2.45, 2.75) is 82.3 Å². The molecule has 8 nitrogen and oxygen atoms in total. The number of aliphatic hydroxyl groups is 1. The van der Waals surface area contributed by atoms with E-state index >= 15 is 0 Å². The number of piperidine rings is 1. The van der Waals surface area contributed by atoms with Crippen LogP contribution in [0.3, 0.4) is 0 Å². The third kappa shape index (κ3) is 5.53. The molecule has 3 N–H and O–H groups in total. The van der Waals surface area contributed by atoms with Crippen molar-refractivity contribution < 1.29 is 14.6 Å². The van der Waals surface area contributed by atoms with Crippen molar-refractivity contribution in [2.24, 2.45) is 7.05 Å². The first-order valence-electron chi connectivity index (χ1n) is 14.6. The molecule has 0 amide bonds. The standard InChI is InChI=1S/C31H42N4O4/c1-31(2,37)20-4-9-28(26(16-20)27-19-34(3)30(36)29-25(27)12-15-33-29)39-22-7-5-21(6-8-22)35-17-24(18-35)38-23-10-13-32-14-11-23/h4,9,12,15-16,19,21-24,32-33,37H,5-8,10-11,13-14,17-18H2,1-3H3. The first kappa shape index (κ1) is 26.6. The van der Waals surface area contributed by atoms with Crippen LogP contribution in [0.2, 0.25) is 0 Å². The Bertz CT molecular complexity index is 1350. The van der Waals surface area contributed by atoms with E-state index in [4.69, 9.17) is 9.47 Å². The van der Waals surface area contributed by atoms with Crippen LogP contribution in [0.15, 0.2) is 41.5 Å². The SMILES string of the molecule is Cn1cc(-c2cc(C(C)(C)O)ccc2OC2CCC(N3CC(OC4CCNCC4)C3)CC2)c2cc[nH]c2c1=O. The number of benzene rings is 1. The van der Waals surface area contributed by atoms with E-state index in [1.54, 1.807) is 31.7 Å². The van der Waals surface area contributed by atoms with E-state index in [2.05, 4.69) is 15.2 Å². The number of aryl methyl sites for hydroxylation is 1. The maximum Gasteiger partial charge on any atom is 0.274 e. The van der Waals surface area contributed by atoms with E-state index in [0.29, 0.717) is 23.8 Å². The van der Waals surface area contributed by atoms with Gasteiger partial charge in [-0.3, -0.25) is 9.69 Å². The Morgan fingerprint density at radius 2 is 1.69 bits per heavy atom. The number of aromatic nitrogens is 2. The van der Waals surface area contributed by atoms with Crippen LogP contribution in [-0.2, 0) is 17.4 Å². The van der Waals surface area contributed by atoms with Crippen LogP contribution < -0.4 is 15.6 Å². The number of ether oxygens (including phenoxy) is 2. The number of aromatic amines is 1. The summed E-state index contributed by atoms with van der Waals surface area (Å²) in [4.78, 5) is 18.4. The van der Waals surface area contributed by atoms with Gasteiger partial charge >= 0.3 is 0 Å². The normalized spacial score (nSPS) is 23.7. The summed E-state index contributed by atoms with van der Waals surface area (Å²) in [5.74, 6) is 0.798. The van der Waals surface area contributed by atoms with Gasteiger partial charge in [0.15, 0.2) is 0 Å². The first-order chi connectivity index (χ1) is 18.8. The zero-order valence-corrected chi connectivity index (χ0v) is 23.4. The van der Waals surface area contributed by atoms with Crippen LogP contribution in [0.25, 0.3) is 22.0 Å². The molecular weight excluding hydrogens is 492 g/mol. The largest absolute Gasteiger partial charge is 0.490 e. The summed E-state index contributed by atoms with van der Waals surface area (Å²) in [6.07, 6.45) is 11.2. The summed E-state index contributed by atoms with van der Waals surface area (Å²) in [6, 6.07) is 8.49. The number of fused-ring (bicyclic) bond motifs is 1. The fourth-order valence-corrected chi connectivity index (χ4v) is 6.47. The van der Waals surface area contributed by atoms with Crippen LogP contribution in [0.5, 0.6) is 5.75 Å². The predicted molar refractivity (Wildman–Crippen MR) is 153 cm³/mol. The summed E-state index contributed by atoms with van der Waals surface area (Å²) in [7, 11) is 1.77. The Morgan fingerprint density at radius 3 is 2.41 bits per heavy atom. The molecule has 3 aliphatic rings. The maximum atomic E-state index is 12.7. The van der Waals surface area contributed by atoms with Crippen molar-refractivity contribution in [3.8, 4) is 16.9 Å². The minimum absolute atomic E-state index is 0.0624. The summed E-state index contributed by atoms with van der Waals surface area (Å²) < 4.78 is 14.6. The minimum Gasteiger partial charge on any atom is -0.490 e. The van der Waals surface area contributed by atoms with Gasteiger partial charge in [0.2, 0.25) is 0 Å². The highest BCUT2D eigenvalue weighted by atomic mass is 16.5. The lowest BCUT2D eigenvalue weighted by Gasteiger charge is -2.47. The lowest BCUT2D eigenvalue weighted by molar-refractivity contribution is -0.117. The number of nitrogens with zero attached hydrogens (tertiary/aromatic N) is 2. The Hall–Kier alpha value is -2.65. The topological polar surface area (TPSA) is 91.8 Å². The Labute approximate surface area is 230 Å². The summed E-state index contributed by atoms with van der Waals surface area (Å²) >= 11 is 0. The first-order valence-corrected chi connectivity index (χ1v) is 14.6. The zero-order valence-electron chi connectivity index (χ0n) is 23.4. The van der Waals surface area contributed by atoms with Crippen molar-refractivity contribution in [3.05, 3.63) is 52.6 Å². The van der Waals surface area contributed by atoms with E-state index in [1.165, 1.54) is 0 Å². The lowest BCUT2D eigenvalue weighted by Crippen LogP contribution is -2.58. The summed E-state index contributed by atoms with van der Waals surface area (Å²) in [5, 5.41) is 15.0. The molecule has 2 aliphatic heterocycles. The molecular formula is C31H42N4O4. The average Bonchev–Trinajstić information content (AvgIpc) is 3.40. The molecule has 1 aliphatic carbocycles. The van der Waals surface area contributed by atoms with Crippen LogP contribution >= 0.6 is 0 Å². The number of hydrogen-bond donors (Lipinski definition) is 3. The number of hydrogen-bond acceptors (Lipinski definition) is 6. The number of H-pyrrole nitrogens is 1. The molecule has 3 fully saturated rings. The molecule has 0 atom stereocenters. The molecule has 2 aromatic heterocycles. The second kappa shape index (κ2) is 10.7. The van der Waals surface area contributed by atoms with Gasteiger partial charge in [-0.2, -0.15) is 0 Å². The number of rotatable bonds is 7. The minimum atomic E-state index is -0.990. The molecule has 0 radical (unpaired) electrons. The fourth-order valence-electron chi connectivity index (χ4n) is 6.47. The molecule has 0 bridgehead atoms. The monoisotopic (exact) mass is 534 g/mol. The van der Waals surface area contributed by atoms with Gasteiger partial charge in [0.1, 0.15) is 11.3 Å². The van der Waals surface area contributed by atoms with Crippen molar-refractivity contribution in [2.75, 3.05) is 26.2 Å². The predicted octanol–water partition coefficient (Wildman–Crippen LogP) is 3.90. The van der Waals surface area contributed by atoms with Gasteiger partial charge in [-0.05, 0) is 89.2 Å². The van der Waals surface area contributed by atoms with Crippen molar-refractivity contribution in [3.63, 3.8) is 0 Å². The molecule has 1 saturated carbocycles. The molecule has 8 heteroatoms. The van der Waals surface area contributed by atoms with E-state index < -0.39 is 5.60 Å². The van der Waals surface area contributed by atoms with Gasteiger partial charge in [0.25, 0.3) is 5.56 Å². The molecule has 1 aromatic carbocycles. The van der Waals surface area contributed by atoms with E-state index in [0.717, 1.165) is 92.5 Å². The Kier molecular flexibility index (Phi) is 7.31. The fraction of sp³-hybridized carbons (Fsp3) is 0.581. The number of nitrogens with one attached hydrogen (secondary N) is 2.